The van der Waals surface area contributed by atoms with Crippen LogP contribution in [0.2, 0.25) is 0 Å². The van der Waals surface area contributed by atoms with Crippen LogP contribution in [0.25, 0.3) is 0 Å². The minimum Gasteiger partial charge on any atom is -0.338 e. The topological polar surface area (TPSA) is 58.4 Å². The van der Waals surface area contributed by atoms with Gasteiger partial charge in [-0.05, 0) is 62.1 Å². The SMILES string of the molecule is Cc1ccccc1CN(C)C(=O)NCC1CCC(CN)CC1. The van der Waals surface area contributed by atoms with Crippen molar-refractivity contribution in [2.45, 2.75) is 39.2 Å². The van der Waals surface area contributed by atoms with Crippen molar-refractivity contribution in [1.29, 1.82) is 0 Å². The second-order valence-electron chi connectivity index (χ2n) is 6.59. The van der Waals surface area contributed by atoms with Gasteiger partial charge in [-0.1, -0.05) is 24.3 Å². The smallest absolute Gasteiger partial charge is 0.317 e. The number of carbonyl (C=O) groups excluding carboxylic acids is 1. The molecule has 0 saturated heterocycles. The fourth-order valence-corrected chi connectivity index (χ4v) is 3.15. The molecule has 0 aliphatic heterocycles. The van der Waals surface area contributed by atoms with Crippen LogP contribution < -0.4 is 11.1 Å². The Balaban J connectivity index is 1.74. The lowest BCUT2D eigenvalue weighted by Gasteiger charge is -2.28. The molecule has 0 heterocycles. The Labute approximate surface area is 134 Å². The van der Waals surface area contributed by atoms with Crippen LogP contribution in [-0.2, 0) is 6.54 Å². The van der Waals surface area contributed by atoms with E-state index in [9.17, 15) is 4.79 Å². The number of amides is 2. The predicted molar refractivity (Wildman–Crippen MR) is 90.5 cm³/mol. The summed E-state index contributed by atoms with van der Waals surface area (Å²) < 4.78 is 0. The summed E-state index contributed by atoms with van der Waals surface area (Å²) in [6.07, 6.45) is 4.78. The molecule has 0 aromatic heterocycles. The standard InChI is InChI=1S/C18H29N3O/c1-14-5-3-4-6-17(14)13-21(2)18(22)20-12-16-9-7-15(11-19)8-10-16/h3-6,15-16H,7-13,19H2,1-2H3,(H,20,22). The van der Waals surface area contributed by atoms with Gasteiger partial charge in [0.05, 0.1) is 0 Å². The highest BCUT2D eigenvalue weighted by atomic mass is 16.2. The summed E-state index contributed by atoms with van der Waals surface area (Å²) >= 11 is 0. The third kappa shape index (κ3) is 4.73. The third-order valence-electron chi connectivity index (χ3n) is 4.86. The summed E-state index contributed by atoms with van der Waals surface area (Å²) in [5, 5.41) is 3.08. The Morgan fingerprint density at radius 3 is 2.50 bits per heavy atom. The van der Waals surface area contributed by atoms with Gasteiger partial charge in [0.25, 0.3) is 0 Å². The first-order valence-corrected chi connectivity index (χ1v) is 8.33. The van der Waals surface area contributed by atoms with Gasteiger partial charge in [0.1, 0.15) is 0 Å². The van der Waals surface area contributed by atoms with Crippen LogP contribution >= 0.6 is 0 Å². The highest BCUT2D eigenvalue weighted by Gasteiger charge is 2.21. The number of nitrogens with zero attached hydrogens (tertiary/aromatic N) is 1. The molecule has 1 aromatic rings. The third-order valence-corrected chi connectivity index (χ3v) is 4.86. The quantitative estimate of drug-likeness (QED) is 0.878. The van der Waals surface area contributed by atoms with Crippen molar-refractivity contribution in [3.05, 3.63) is 35.4 Å². The fourth-order valence-electron chi connectivity index (χ4n) is 3.15. The molecule has 2 rings (SSSR count). The minimum absolute atomic E-state index is 0.0178. The molecular formula is C18H29N3O. The molecular weight excluding hydrogens is 274 g/mol. The maximum atomic E-state index is 12.2. The van der Waals surface area contributed by atoms with Crippen LogP contribution in [0.5, 0.6) is 0 Å². The van der Waals surface area contributed by atoms with Gasteiger partial charge < -0.3 is 16.0 Å². The van der Waals surface area contributed by atoms with Crippen molar-refractivity contribution in [3.63, 3.8) is 0 Å². The van der Waals surface area contributed by atoms with E-state index in [1.165, 1.54) is 36.8 Å². The first kappa shape index (κ1) is 16.8. The second-order valence-corrected chi connectivity index (χ2v) is 6.59. The maximum absolute atomic E-state index is 12.2. The number of nitrogens with one attached hydrogen (secondary N) is 1. The molecule has 22 heavy (non-hydrogen) atoms. The Morgan fingerprint density at radius 2 is 1.86 bits per heavy atom. The number of nitrogens with two attached hydrogens (primary N) is 1. The predicted octanol–water partition coefficient (Wildman–Crippen LogP) is 2.90. The highest BCUT2D eigenvalue weighted by molar-refractivity contribution is 5.73. The van der Waals surface area contributed by atoms with Gasteiger partial charge in [-0.3, -0.25) is 0 Å². The van der Waals surface area contributed by atoms with E-state index in [0.29, 0.717) is 18.4 Å². The lowest BCUT2D eigenvalue weighted by Crippen LogP contribution is -2.40. The van der Waals surface area contributed by atoms with Gasteiger partial charge >= 0.3 is 6.03 Å². The molecule has 0 spiro atoms. The van der Waals surface area contributed by atoms with E-state index in [1.54, 1.807) is 4.90 Å². The Hall–Kier alpha value is -1.55. The molecule has 1 saturated carbocycles. The van der Waals surface area contributed by atoms with E-state index in [-0.39, 0.29) is 6.03 Å². The van der Waals surface area contributed by atoms with Gasteiger partial charge in [0.15, 0.2) is 0 Å². The molecule has 1 aromatic carbocycles. The summed E-state index contributed by atoms with van der Waals surface area (Å²) in [6, 6.07) is 8.22. The van der Waals surface area contributed by atoms with Crippen molar-refractivity contribution >= 4 is 6.03 Å². The number of rotatable bonds is 5. The van der Waals surface area contributed by atoms with Crippen LogP contribution in [0.15, 0.2) is 24.3 Å². The average Bonchev–Trinajstić information content (AvgIpc) is 2.55. The Bertz CT molecular complexity index is 481. The number of urea groups is 1. The molecule has 0 radical (unpaired) electrons. The summed E-state index contributed by atoms with van der Waals surface area (Å²) in [5.41, 5.74) is 8.14. The Morgan fingerprint density at radius 1 is 1.23 bits per heavy atom. The van der Waals surface area contributed by atoms with Gasteiger partial charge in [0.2, 0.25) is 0 Å². The molecule has 0 bridgehead atoms. The number of hydrogen-bond acceptors (Lipinski definition) is 2. The molecule has 1 fully saturated rings. The zero-order valence-electron chi connectivity index (χ0n) is 13.8. The first-order valence-electron chi connectivity index (χ1n) is 8.33. The lowest BCUT2D eigenvalue weighted by atomic mass is 9.82. The molecule has 4 heteroatoms. The summed E-state index contributed by atoms with van der Waals surface area (Å²) in [6.45, 7) is 4.32. The van der Waals surface area contributed by atoms with Crippen LogP contribution in [0, 0.1) is 18.8 Å². The minimum atomic E-state index is 0.0178. The number of benzene rings is 1. The van der Waals surface area contributed by atoms with Gasteiger partial charge in [0, 0.05) is 20.1 Å². The summed E-state index contributed by atoms with van der Waals surface area (Å²) in [7, 11) is 1.85. The highest BCUT2D eigenvalue weighted by Crippen LogP contribution is 2.27. The zero-order chi connectivity index (χ0) is 15.9. The van der Waals surface area contributed by atoms with E-state index in [2.05, 4.69) is 24.4 Å². The monoisotopic (exact) mass is 303 g/mol. The molecule has 2 amide bonds. The van der Waals surface area contributed by atoms with E-state index in [1.807, 2.05) is 19.2 Å². The lowest BCUT2D eigenvalue weighted by molar-refractivity contribution is 0.200. The zero-order valence-corrected chi connectivity index (χ0v) is 13.8. The summed E-state index contributed by atoms with van der Waals surface area (Å²) in [5.74, 6) is 1.30. The van der Waals surface area contributed by atoms with Crippen LogP contribution in [0.1, 0.15) is 36.8 Å². The number of aryl methyl sites for hydroxylation is 1. The molecule has 0 unspecified atom stereocenters. The molecule has 1 aliphatic rings. The van der Waals surface area contributed by atoms with Crippen LogP contribution in [-0.4, -0.2) is 31.1 Å². The normalized spacial score (nSPS) is 21.4. The van der Waals surface area contributed by atoms with Crippen molar-refractivity contribution < 1.29 is 4.79 Å². The van der Waals surface area contributed by atoms with E-state index < -0.39 is 0 Å². The first-order chi connectivity index (χ1) is 10.6. The van der Waals surface area contributed by atoms with E-state index >= 15 is 0 Å². The van der Waals surface area contributed by atoms with Gasteiger partial charge in [-0.15, -0.1) is 0 Å². The average molecular weight is 303 g/mol. The van der Waals surface area contributed by atoms with Crippen LogP contribution in [0.3, 0.4) is 0 Å². The van der Waals surface area contributed by atoms with Crippen LogP contribution in [0.4, 0.5) is 4.79 Å². The van der Waals surface area contributed by atoms with Gasteiger partial charge in [-0.2, -0.15) is 0 Å². The number of carbonyl (C=O) groups is 1. The molecule has 3 N–H and O–H groups in total. The molecule has 122 valence electrons. The number of hydrogen-bond donors (Lipinski definition) is 2. The van der Waals surface area contributed by atoms with E-state index in [0.717, 1.165) is 13.1 Å². The second kappa shape index (κ2) is 8.18. The van der Waals surface area contributed by atoms with Crippen molar-refractivity contribution in [2.75, 3.05) is 20.1 Å². The fraction of sp³-hybridized carbons (Fsp3) is 0.611. The maximum Gasteiger partial charge on any atom is 0.317 e. The molecule has 4 nitrogen and oxygen atoms in total. The van der Waals surface area contributed by atoms with E-state index in [4.69, 9.17) is 5.73 Å². The Kier molecular flexibility index (Phi) is 6.25. The summed E-state index contributed by atoms with van der Waals surface area (Å²) in [4.78, 5) is 14.0. The van der Waals surface area contributed by atoms with Crippen molar-refractivity contribution in [2.24, 2.45) is 17.6 Å². The van der Waals surface area contributed by atoms with Crippen molar-refractivity contribution in [1.82, 2.24) is 10.2 Å². The molecule has 0 atom stereocenters. The largest absolute Gasteiger partial charge is 0.338 e. The molecule has 1 aliphatic carbocycles. The van der Waals surface area contributed by atoms with Gasteiger partial charge in [-0.25, -0.2) is 4.79 Å². The van der Waals surface area contributed by atoms with Crippen molar-refractivity contribution in [3.8, 4) is 0 Å².